The maximum atomic E-state index is 11.7. The Hall–Kier alpha value is -1.75. The Balaban J connectivity index is 2.95. The van der Waals surface area contributed by atoms with Gasteiger partial charge >= 0.3 is 0 Å². The van der Waals surface area contributed by atoms with Crippen molar-refractivity contribution in [1.29, 1.82) is 0 Å². The van der Waals surface area contributed by atoms with Crippen molar-refractivity contribution in [3.8, 4) is 11.5 Å². The highest BCUT2D eigenvalue weighted by molar-refractivity contribution is 5.77. The monoisotopic (exact) mass is 280 g/mol. The molecule has 0 fully saturated rings. The summed E-state index contributed by atoms with van der Waals surface area (Å²) >= 11 is 0. The molecule has 1 amide bonds. The number of amides is 1. The third kappa shape index (κ3) is 4.74. The second-order valence-electron chi connectivity index (χ2n) is 4.94. The van der Waals surface area contributed by atoms with Crippen molar-refractivity contribution in [2.24, 2.45) is 5.73 Å². The Bertz CT molecular complexity index is 445. The fourth-order valence-corrected chi connectivity index (χ4v) is 1.76. The number of hydrogen-bond acceptors (Lipinski definition) is 4. The highest BCUT2D eigenvalue weighted by Crippen LogP contribution is 2.32. The van der Waals surface area contributed by atoms with Gasteiger partial charge in [-0.25, -0.2) is 0 Å². The van der Waals surface area contributed by atoms with E-state index in [1.165, 1.54) is 4.90 Å². The van der Waals surface area contributed by atoms with Gasteiger partial charge in [-0.2, -0.15) is 0 Å². The van der Waals surface area contributed by atoms with Crippen molar-refractivity contribution < 1.29 is 14.3 Å². The molecule has 0 saturated carbocycles. The van der Waals surface area contributed by atoms with Crippen LogP contribution < -0.4 is 15.2 Å². The van der Waals surface area contributed by atoms with Crippen LogP contribution in [0.5, 0.6) is 11.5 Å². The molecule has 0 radical (unpaired) electrons. The molecule has 1 rings (SSSR count). The van der Waals surface area contributed by atoms with Gasteiger partial charge in [-0.3, -0.25) is 4.79 Å². The van der Waals surface area contributed by atoms with Gasteiger partial charge < -0.3 is 20.1 Å². The van der Waals surface area contributed by atoms with E-state index in [1.807, 2.05) is 32.0 Å². The van der Waals surface area contributed by atoms with E-state index in [2.05, 4.69) is 0 Å². The predicted molar refractivity (Wildman–Crippen MR) is 79.2 cm³/mol. The van der Waals surface area contributed by atoms with Crippen LogP contribution in [0.4, 0.5) is 0 Å². The molecule has 0 aliphatic carbocycles. The van der Waals surface area contributed by atoms with E-state index in [4.69, 9.17) is 15.2 Å². The zero-order valence-corrected chi connectivity index (χ0v) is 12.7. The summed E-state index contributed by atoms with van der Waals surface area (Å²) in [5.74, 6) is 1.17. The lowest BCUT2D eigenvalue weighted by atomic mass is 10.1. The van der Waals surface area contributed by atoms with Crippen LogP contribution in [0.2, 0.25) is 0 Å². The second-order valence-corrected chi connectivity index (χ2v) is 4.94. The van der Waals surface area contributed by atoms with Crippen LogP contribution in [0.25, 0.3) is 0 Å². The maximum Gasteiger partial charge on any atom is 0.259 e. The summed E-state index contributed by atoms with van der Waals surface area (Å²) in [6.45, 7) is 4.37. The van der Waals surface area contributed by atoms with Crippen molar-refractivity contribution in [1.82, 2.24) is 4.90 Å². The second kappa shape index (κ2) is 7.75. The summed E-state index contributed by atoms with van der Waals surface area (Å²) in [5, 5.41) is 0. The average Bonchev–Trinajstić information content (AvgIpc) is 2.37. The number of para-hydroxylation sites is 1. The number of benzene rings is 1. The molecule has 1 unspecified atom stereocenters. The van der Waals surface area contributed by atoms with E-state index in [0.717, 1.165) is 5.56 Å². The summed E-state index contributed by atoms with van der Waals surface area (Å²) in [7, 11) is 3.39. The molecular formula is C15H24N2O3. The smallest absolute Gasteiger partial charge is 0.259 e. The standard InChI is InChI=1S/C15H24N2O3/c1-5-19-13-8-6-7-12(9-11(2)16)15(13)20-10-14(18)17(3)4/h6-8,11H,5,9-10,16H2,1-4H3. The Morgan fingerprint density at radius 2 is 2.05 bits per heavy atom. The molecule has 5 nitrogen and oxygen atoms in total. The average molecular weight is 280 g/mol. The molecule has 5 heteroatoms. The normalized spacial score (nSPS) is 11.8. The maximum absolute atomic E-state index is 11.7. The first kappa shape index (κ1) is 16.3. The first-order chi connectivity index (χ1) is 9.45. The summed E-state index contributed by atoms with van der Waals surface area (Å²) in [6.07, 6.45) is 0.673. The number of ether oxygens (including phenoxy) is 2. The molecule has 112 valence electrons. The molecule has 0 aliphatic heterocycles. The minimum Gasteiger partial charge on any atom is -0.490 e. The third-order valence-corrected chi connectivity index (χ3v) is 2.74. The van der Waals surface area contributed by atoms with Crippen molar-refractivity contribution in [3.05, 3.63) is 23.8 Å². The van der Waals surface area contributed by atoms with Gasteiger partial charge in [-0.05, 0) is 31.9 Å². The number of carbonyl (C=O) groups is 1. The van der Waals surface area contributed by atoms with E-state index < -0.39 is 0 Å². The molecule has 1 aromatic carbocycles. The summed E-state index contributed by atoms with van der Waals surface area (Å²) in [5.41, 5.74) is 6.81. The van der Waals surface area contributed by atoms with Crippen LogP contribution in [0.1, 0.15) is 19.4 Å². The number of carbonyl (C=O) groups excluding carboxylic acids is 1. The largest absolute Gasteiger partial charge is 0.490 e. The van der Waals surface area contributed by atoms with Crippen LogP contribution in [-0.2, 0) is 11.2 Å². The summed E-state index contributed by atoms with van der Waals surface area (Å²) in [4.78, 5) is 13.1. The number of likely N-dealkylation sites (N-methyl/N-ethyl adjacent to an activating group) is 1. The topological polar surface area (TPSA) is 64.8 Å². The zero-order chi connectivity index (χ0) is 15.1. The van der Waals surface area contributed by atoms with E-state index in [1.54, 1.807) is 14.1 Å². The highest BCUT2D eigenvalue weighted by atomic mass is 16.5. The van der Waals surface area contributed by atoms with Gasteiger partial charge in [0.15, 0.2) is 18.1 Å². The fourth-order valence-electron chi connectivity index (χ4n) is 1.76. The Morgan fingerprint density at radius 3 is 2.60 bits per heavy atom. The van der Waals surface area contributed by atoms with Gasteiger partial charge in [-0.1, -0.05) is 12.1 Å². The SMILES string of the molecule is CCOc1cccc(CC(C)N)c1OCC(=O)N(C)C. The molecule has 0 aromatic heterocycles. The van der Waals surface area contributed by atoms with E-state index in [9.17, 15) is 4.79 Å². The minimum absolute atomic E-state index is 0.0109. The third-order valence-electron chi connectivity index (χ3n) is 2.74. The lowest BCUT2D eigenvalue weighted by Gasteiger charge is -2.18. The van der Waals surface area contributed by atoms with Gasteiger partial charge in [0.1, 0.15) is 0 Å². The van der Waals surface area contributed by atoms with Crippen molar-refractivity contribution in [2.75, 3.05) is 27.3 Å². The van der Waals surface area contributed by atoms with Gasteiger partial charge in [0, 0.05) is 20.1 Å². The van der Waals surface area contributed by atoms with E-state index in [-0.39, 0.29) is 18.6 Å². The highest BCUT2D eigenvalue weighted by Gasteiger charge is 2.14. The quantitative estimate of drug-likeness (QED) is 0.821. The summed E-state index contributed by atoms with van der Waals surface area (Å²) in [6, 6.07) is 5.70. The number of hydrogen-bond donors (Lipinski definition) is 1. The van der Waals surface area contributed by atoms with Crippen LogP contribution in [0.3, 0.4) is 0 Å². The van der Waals surface area contributed by atoms with Gasteiger partial charge in [0.05, 0.1) is 6.61 Å². The Labute approximate surface area is 120 Å². The van der Waals surface area contributed by atoms with Crippen molar-refractivity contribution in [2.45, 2.75) is 26.3 Å². The van der Waals surface area contributed by atoms with Crippen LogP contribution in [0.15, 0.2) is 18.2 Å². The molecule has 0 spiro atoms. The first-order valence-corrected chi connectivity index (χ1v) is 6.78. The van der Waals surface area contributed by atoms with Gasteiger partial charge in [-0.15, -0.1) is 0 Å². The zero-order valence-electron chi connectivity index (χ0n) is 12.7. The summed E-state index contributed by atoms with van der Waals surface area (Å²) < 4.78 is 11.2. The lowest BCUT2D eigenvalue weighted by Crippen LogP contribution is -2.28. The molecule has 20 heavy (non-hydrogen) atoms. The molecule has 1 atom stereocenters. The van der Waals surface area contributed by atoms with E-state index in [0.29, 0.717) is 24.5 Å². The Morgan fingerprint density at radius 1 is 1.35 bits per heavy atom. The predicted octanol–water partition coefficient (Wildman–Crippen LogP) is 1.44. The number of nitrogens with zero attached hydrogens (tertiary/aromatic N) is 1. The molecule has 2 N–H and O–H groups in total. The van der Waals surface area contributed by atoms with Gasteiger partial charge in [0.25, 0.3) is 5.91 Å². The molecular weight excluding hydrogens is 256 g/mol. The Kier molecular flexibility index (Phi) is 6.31. The minimum atomic E-state index is -0.0944. The molecule has 1 aromatic rings. The lowest BCUT2D eigenvalue weighted by molar-refractivity contribution is -0.130. The van der Waals surface area contributed by atoms with Crippen LogP contribution in [0, 0.1) is 0 Å². The van der Waals surface area contributed by atoms with E-state index >= 15 is 0 Å². The van der Waals surface area contributed by atoms with Crippen molar-refractivity contribution in [3.63, 3.8) is 0 Å². The molecule has 0 saturated heterocycles. The van der Waals surface area contributed by atoms with Crippen LogP contribution in [-0.4, -0.2) is 44.2 Å². The number of nitrogens with two attached hydrogens (primary N) is 1. The molecule has 0 bridgehead atoms. The number of rotatable bonds is 7. The van der Waals surface area contributed by atoms with Crippen LogP contribution >= 0.6 is 0 Å². The molecule has 0 aliphatic rings. The fraction of sp³-hybridized carbons (Fsp3) is 0.533. The van der Waals surface area contributed by atoms with Crippen molar-refractivity contribution >= 4 is 5.91 Å². The first-order valence-electron chi connectivity index (χ1n) is 6.78. The van der Waals surface area contributed by atoms with Gasteiger partial charge in [0.2, 0.25) is 0 Å². The molecule has 0 heterocycles.